The summed E-state index contributed by atoms with van der Waals surface area (Å²) >= 11 is 7.34. The molecule has 162 valence electrons. The van der Waals surface area contributed by atoms with Crippen molar-refractivity contribution >= 4 is 45.4 Å². The van der Waals surface area contributed by atoms with Gasteiger partial charge in [0.05, 0.1) is 31.3 Å². The van der Waals surface area contributed by atoms with Gasteiger partial charge in [0.25, 0.3) is 11.7 Å². The minimum absolute atomic E-state index is 0.233. The van der Waals surface area contributed by atoms with Gasteiger partial charge in [-0.1, -0.05) is 35.4 Å². The van der Waals surface area contributed by atoms with E-state index >= 15 is 0 Å². The molecular formula is C22H14ClN7O2S. The van der Waals surface area contributed by atoms with Gasteiger partial charge in [0.2, 0.25) is 10.8 Å². The third-order valence-corrected chi connectivity index (χ3v) is 5.90. The summed E-state index contributed by atoms with van der Waals surface area (Å²) in [7, 11) is 1.50. The van der Waals surface area contributed by atoms with E-state index in [4.69, 9.17) is 22.9 Å². The van der Waals surface area contributed by atoms with Gasteiger partial charge < -0.3 is 9.58 Å². The molecule has 9 nitrogen and oxygen atoms in total. The first kappa shape index (κ1) is 20.9. The van der Waals surface area contributed by atoms with Gasteiger partial charge in [-0.2, -0.15) is 0 Å². The third-order valence-electron chi connectivity index (χ3n) is 4.94. The molecule has 11 heteroatoms. The van der Waals surface area contributed by atoms with Crippen LogP contribution in [0.5, 0.6) is 5.75 Å². The topological polar surface area (TPSA) is 98.7 Å². The summed E-state index contributed by atoms with van der Waals surface area (Å²) in [6, 6.07) is 3.20. The summed E-state index contributed by atoms with van der Waals surface area (Å²) in [6.45, 7) is 7.39. The van der Waals surface area contributed by atoms with Crippen LogP contribution < -0.4 is 10.1 Å². The molecule has 1 fully saturated rings. The fourth-order valence-electron chi connectivity index (χ4n) is 3.17. The van der Waals surface area contributed by atoms with Crippen molar-refractivity contribution in [1.29, 1.82) is 0 Å². The zero-order valence-corrected chi connectivity index (χ0v) is 18.7. The Morgan fingerprint density at radius 2 is 2.15 bits per heavy atom. The lowest BCUT2D eigenvalue weighted by Gasteiger charge is -2.12. The highest BCUT2D eigenvalue weighted by molar-refractivity contribution is 7.15. The fraction of sp³-hybridized carbons (Fsp3) is 0.182. The van der Waals surface area contributed by atoms with E-state index in [1.54, 1.807) is 22.7 Å². The molecule has 1 aliphatic carbocycles. The van der Waals surface area contributed by atoms with E-state index in [-0.39, 0.29) is 5.15 Å². The maximum absolute atomic E-state index is 13.3. The molecule has 4 aromatic heterocycles. The predicted molar refractivity (Wildman–Crippen MR) is 124 cm³/mol. The first-order valence-corrected chi connectivity index (χ1v) is 11.0. The quantitative estimate of drug-likeness (QED) is 0.265. The number of pyridine rings is 2. The average molecular weight is 476 g/mol. The number of nitrogens with one attached hydrogen (secondary N) is 1. The van der Waals surface area contributed by atoms with Crippen molar-refractivity contribution in [2.45, 2.75) is 12.8 Å². The van der Waals surface area contributed by atoms with Crippen LogP contribution in [0.1, 0.15) is 28.2 Å². The maximum Gasteiger partial charge on any atom is 0.258 e. The Morgan fingerprint density at radius 1 is 1.30 bits per heavy atom. The molecule has 1 amide bonds. The number of aromatic nitrogens is 5. The number of anilines is 1. The molecule has 1 saturated carbocycles. The molecular weight excluding hydrogens is 462 g/mol. The van der Waals surface area contributed by atoms with Gasteiger partial charge in [0.1, 0.15) is 10.9 Å². The van der Waals surface area contributed by atoms with E-state index in [1.165, 1.54) is 30.8 Å². The number of carbonyl (C=O) groups excluding carboxylic acids is 1. The summed E-state index contributed by atoms with van der Waals surface area (Å²) < 4.78 is 7.04. The number of ether oxygens (including phenoxy) is 1. The van der Waals surface area contributed by atoms with Gasteiger partial charge in [0, 0.05) is 23.1 Å². The fourth-order valence-corrected chi connectivity index (χ4v) is 3.92. The van der Waals surface area contributed by atoms with E-state index in [9.17, 15) is 4.79 Å². The number of nitrogens with zero attached hydrogens (tertiary/aromatic N) is 6. The molecule has 0 spiro atoms. The third kappa shape index (κ3) is 4.22. The molecule has 0 unspecified atom stereocenters. The van der Waals surface area contributed by atoms with Gasteiger partial charge in [-0.15, -0.1) is 10.2 Å². The van der Waals surface area contributed by atoms with Gasteiger partial charge in [-0.3, -0.25) is 10.1 Å². The normalized spacial score (nSPS) is 12.6. The van der Waals surface area contributed by atoms with E-state index in [2.05, 4.69) is 42.2 Å². The van der Waals surface area contributed by atoms with Crippen LogP contribution in [0.2, 0.25) is 5.15 Å². The lowest BCUT2D eigenvalue weighted by Crippen LogP contribution is -2.14. The van der Waals surface area contributed by atoms with Crippen molar-refractivity contribution < 1.29 is 9.53 Å². The monoisotopic (exact) mass is 475 g/mol. The van der Waals surface area contributed by atoms with Gasteiger partial charge >= 0.3 is 0 Å². The molecule has 1 N–H and O–H groups in total. The minimum atomic E-state index is -0.423. The number of fused-ring (bicyclic) bond motifs is 1. The second-order valence-electron chi connectivity index (χ2n) is 7.17. The summed E-state index contributed by atoms with van der Waals surface area (Å²) in [5.74, 6) is 6.87. The van der Waals surface area contributed by atoms with Crippen LogP contribution in [-0.4, -0.2) is 37.6 Å². The Balaban J connectivity index is 1.57. The number of amides is 1. The SMILES string of the molecule is [C-]#[N+]c1cnc2cc(C(=O)Nc3nnc(C#CC4CC4)s3)c(-c3cc(Cl)ncc3OC)cn12. The second kappa shape index (κ2) is 8.51. The highest BCUT2D eigenvalue weighted by atomic mass is 35.5. The molecule has 0 aliphatic heterocycles. The second-order valence-corrected chi connectivity index (χ2v) is 8.54. The Morgan fingerprint density at radius 3 is 2.91 bits per heavy atom. The molecule has 0 atom stereocenters. The van der Waals surface area contributed by atoms with Crippen molar-refractivity contribution in [2.24, 2.45) is 5.92 Å². The van der Waals surface area contributed by atoms with Crippen LogP contribution in [0.15, 0.2) is 30.7 Å². The Hall–Kier alpha value is -3.99. The van der Waals surface area contributed by atoms with Crippen molar-refractivity contribution in [3.63, 3.8) is 0 Å². The zero-order valence-electron chi connectivity index (χ0n) is 17.2. The standard InChI is InChI=1S/C22H14ClN7O2S/c1-24-19-10-26-18-8-14(15(11-30(18)19)13-7-17(23)25-9-16(13)32-2)21(31)27-22-29-28-20(33-22)6-5-12-3-4-12/h7-12H,3-4H2,2H3,(H,27,29,31). The van der Waals surface area contributed by atoms with Crippen LogP contribution in [0.4, 0.5) is 10.9 Å². The average Bonchev–Trinajstić information content (AvgIpc) is 3.40. The molecule has 0 aromatic carbocycles. The Labute approximate surface area is 197 Å². The number of halogens is 1. The molecule has 0 radical (unpaired) electrons. The van der Waals surface area contributed by atoms with Crippen LogP contribution >= 0.6 is 22.9 Å². The summed E-state index contributed by atoms with van der Waals surface area (Å²) in [6.07, 6.45) is 6.81. The van der Waals surface area contributed by atoms with E-state index in [1.807, 2.05) is 0 Å². The van der Waals surface area contributed by atoms with Crippen molar-refractivity contribution in [2.75, 3.05) is 12.4 Å². The highest BCUT2D eigenvalue weighted by Crippen LogP contribution is 2.35. The van der Waals surface area contributed by atoms with Crippen molar-refractivity contribution in [1.82, 2.24) is 24.6 Å². The van der Waals surface area contributed by atoms with Crippen molar-refractivity contribution in [3.05, 3.63) is 57.9 Å². The first-order valence-electron chi connectivity index (χ1n) is 9.80. The predicted octanol–water partition coefficient (Wildman–Crippen LogP) is 4.47. The van der Waals surface area contributed by atoms with Crippen LogP contribution in [0, 0.1) is 24.3 Å². The molecule has 0 bridgehead atoms. The van der Waals surface area contributed by atoms with Crippen molar-refractivity contribution in [3.8, 4) is 28.7 Å². The van der Waals surface area contributed by atoms with Crippen LogP contribution in [0.3, 0.4) is 0 Å². The number of rotatable bonds is 4. The number of carbonyl (C=O) groups is 1. The summed E-state index contributed by atoms with van der Waals surface area (Å²) in [5, 5.41) is 11.9. The molecule has 5 rings (SSSR count). The van der Waals surface area contributed by atoms with E-state index in [0.29, 0.717) is 50.0 Å². The molecule has 33 heavy (non-hydrogen) atoms. The first-order chi connectivity index (χ1) is 16.1. The molecule has 4 aromatic rings. The molecule has 1 aliphatic rings. The highest BCUT2D eigenvalue weighted by Gasteiger charge is 2.22. The Kier molecular flexibility index (Phi) is 5.38. The number of methoxy groups -OCH3 is 1. The number of imidazole rings is 1. The molecule has 4 heterocycles. The zero-order chi connectivity index (χ0) is 22.9. The van der Waals surface area contributed by atoms with E-state index < -0.39 is 5.91 Å². The summed E-state index contributed by atoms with van der Waals surface area (Å²) in [5.41, 5.74) is 1.78. The Bertz CT molecular complexity index is 1500. The van der Waals surface area contributed by atoms with Gasteiger partial charge in [-0.05, 0) is 24.8 Å². The van der Waals surface area contributed by atoms with E-state index in [0.717, 1.165) is 12.8 Å². The largest absolute Gasteiger partial charge is 0.494 e. The van der Waals surface area contributed by atoms with Crippen LogP contribution in [-0.2, 0) is 0 Å². The minimum Gasteiger partial charge on any atom is -0.494 e. The number of hydrogen-bond acceptors (Lipinski definition) is 7. The lowest BCUT2D eigenvalue weighted by molar-refractivity contribution is 0.102. The van der Waals surface area contributed by atoms with Crippen LogP contribution in [0.25, 0.3) is 21.6 Å². The molecule has 0 saturated heterocycles. The lowest BCUT2D eigenvalue weighted by atomic mass is 10.0. The maximum atomic E-state index is 13.3. The van der Waals surface area contributed by atoms with Gasteiger partial charge in [0.15, 0.2) is 5.01 Å². The smallest absolute Gasteiger partial charge is 0.258 e. The van der Waals surface area contributed by atoms with Gasteiger partial charge in [-0.25, -0.2) is 14.4 Å². The summed E-state index contributed by atoms with van der Waals surface area (Å²) in [4.78, 5) is 25.1. The number of hydrogen-bond donors (Lipinski definition) is 1.